The Morgan fingerprint density at radius 1 is 1.09 bits per heavy atom. The van der Waals surface area contributed by atoms with E-state index in [-0.39, 0.29) is 44.8 Å². The number of carbonyl (C=O) groups excluding carboxylic acids is 1. The zero-order valence-corrected chi connectivity index (χ0v) is 22.8. The number of halogens is 7. The maximum atomic E-state index is 14.6. The van der Waals surface area contributed by atoms with Crippen molar-refractivity contribution in [3.63, 3.8) is 0 Å². The predicted octanol–water partition coefficient (Wildman–Crippen LogP) is 5.23. The molecule has 0 saturated heterocycles. The van der Waals surface area contributed by atoms with Crippen molar-refractivity contribution < 1.29 is 50.1 Å². The molecule has 2 aromatic carbocycles. The summed E-state index contributed by atoms with van der Waals surface area (Å²) in [4.78, 5) is 17.2. The van der Waals surface area contributed by atoms with E-state index < -0.39 is 73.5 Å². The van der Waals surface area contributed by atoms with Gasteiger partial charge in [-0.25, -0.2) is 35.7 Å². The standard InChI is InChI=1S/C29H23F7N4O4/c1-43-20-8-16(6-15-7-19(25(33)34)39-40-22(15)20)26(41)37-12-29(42,27(35)36)21-9-18-24(44-13-28(18,10-30)11-31)23(38-21)14-2-4-17(32)5-3-14/h2-9,25,27,42H,10-13H2,1H3,(H,37,41)/t29-/m0/s1. The highest BCUT2D eigenvalue weighted by atomic mass is 19.3. The summed E-state index contributed by atoms with van der Waals surface area (Å²) in [5.74, 6) is -1.78. The lowest BCUT2D eigenvalue weighted by Gasteiger charge is -2.29. The summed E-state index contributed by atoms with van der Waals surface area (Å²) < 4.78 is 108. The number of rotatable bonds is 10. The Kier molecular flexibility index (Phi) is 8.34. The fourth-order valence-electron chi connectivity index (χ4n) is 4.78. The van der Waals surface area contributed by atoms with Gasteiger partial charge in [0.25, 0.3) is 18.8 Å². The first-order chi connectivity index (χ1) is 21.0. The first kappa shape index (κ1) is 30.9. The number of methoxy groups -OCH3 is 1. The maximum absolute atomic E-state index is 14.6. The third kappa shape index (κ3) is 5.36. The molecule has 5 rings (SSSR count). The Labute approximate surface area is 244 Å². The Morgan fingerprint density at radius 2 is 1.80 bits per heavy atom. The number of hydrogen-bond donors (Lipinski definition) is 2. The van der Waals surface area contributed by atoms with Gasteiger partial charge in [-0.15, -0.1) is 10.2 Å². The zero-order valence-electron chi connectivity index (χ0n) is 22.8. The van der Waals surface area contributed by atoms with Crippen molar-refractivity contribution in [2.24, 2.45) is 0 Å². The summed E-state index contributed by atoms with van der Waals surface area (Å²) in [6, 6.07) is 8.81. The van der Waals surface area contributed by atoms with Gasteiger partial charge >= 0.3 is 0 Å². The fraction of sp³-hybridized carbons (Fsp3) is 0.310. The number of aromatic nitrogens is 3. The molecule has 44 heavy (non-hydrogen) atoms. The molecule has 0 saturated carbocycles. The van der Waals surface area contributed by atoms with Crippen LogP contribution in [0.3, 0.4) is 0 Å². The van der Waals surface area contributed by atoms with Crippen LogP contribution in [0.4, 0.5) is 30.7 Å². The fourth-order valence-corrected chi connectivity index (χ4v) is 4.78. The maximum Gasteiger partial charge on any atom is 0.282 e. The summed E-state index contributed by atoms with van der Waals surface area (Å²) in [5.41, 5.74) is -6.86. The van der Waals surface area contributed by atoms with Crippen LogP contribution in [-0.4, -0.2) is 66.2 Å². The summed E-state index contributed by atoms with van der Waals surface area (Å²) in [5, 5.41) is 20.6. The highest BCUT2D eigenvalue weighted by Gasteiger charge is 2.48. The second-order valence-electron chi connectivity index (χ2n) is 10.2. The molecule has 1 amide bonds. The Morgan fingerprint density at radius 3 is 2.41 bits per heavy atom. The zero-order chi connectivity index (χ0) is 31.8. The lowest BCUT2D eigenvalue weighted by molar-refractivity contribution is -0.101. The molecule has 0 bridgehead atoms. The van der Waals surface area contributed by atoms with Crippen LogP contribution in [0.2, 0.25) is 0 Å². The third-order valence-corrected chi connectivity index (χ3v) is 7.37. The molecule has 3 heterocycles. The van der Waals surface area contributed by atoms with E-state index >= 15 is 0 Å². The molecule has 0 fully saturated rings. The van der Waals surface area contributed by atoms with Gasteiger partial charge < -0.3 is 19.9 Å². The van der Waals surface area contributed by atoms with Crippen LogP contribution in [0.15, 0.2) is 48.5 Å². The van der Waals surface area contributed by atoms with Crippen LogP contribution in [0.25, 0.3) is 22.2 Å². The van der Waals surface area contributed by atoms with E-state index in [9.17, 15) is 40.6 Å². The minimum absolute atomic E-state index is 0.0249. The van der Waals surface area contributed by atoms with Gasteiger partial charge in [-0.3, -0.25) is 4.79 Å². The van der Waals surface area contributed by atoms with Crippen LogP contribution < -0.4 is 14.8 Å². The number of nitrogens with zero attached hydrogens (tertiary/aromatic N) is 3. The van der Waals surface area contributed by atoms with Crippen molar-refractivity contribution in [3.8, 4) is 22.8 Å². The molecular weight excluding hydrogens is 601 g/mol. The van der Waals surface area contributed by atoms with E-state index in [1.807, 2.05) is 0 Å². The molecule has 232 valence electrons. The summed E-state index contributed by atoms with van der Waals surface area (Å²) in [6.07, 6.45) is -6.55. The van der Waals surface area contributed by atoms with E-state index in [4.69, 9.17) is 9.47 Å². The van der Waals surface area contributed by atoms with E-state index in [0.29, 0.717) is 0 Å². The smallest absolute Gasteiger partial charge is 0.282 e. The molecule has 1 aliphatic rings. The molecule has 0 spiro atoms. The highest BCUT2D eigenvalue weighted by Crippen LogP contribution is 2.46. The number of carbonyl (C=O) groups is 1. The van der Waals surface area contributed by atoms with E-state index in [0.717, 1.165) is 30.3 Å². The van der Waals surface area contributed by atoms with Crippen LogP contribution in [0, 0.1) is 5.82 Å². The van der Waals surface area contributed by atoms with Crippen molar-refractivity contribution in [2.45, 2.75) is 23.9 Å². The van der Waals surface area contributed by atoms with Crippen molar-refractivity contribution in [1.29, 1.82) is 0 Å². The Balaban J connectivity index is 1.54. The van der Waals surface area contributed by atoms with Crippen molar-refractivity contribution in [1.82, 2.24) is 20.5 Å². The van der Waals surface area contributed by atoms with Crippen molar-refractivity contribution >= 4 is 16.8 Å². The van der Waals surface area contributed by atoms with Gasteiger partial charge in [0.2, 0.25) is 0 Å². The van der Waals surface area contributed by atoms with Crippen LogP contribution in [0.5, 0.6) is 11.5 Å². The average molecular weight is 625 g/mol. The molecule has 4 aromatic rings. The summed E-state index contributed by atoms with van der Waals surface area (Å²) in [6.45, 7) is -4.17. The Hall–Kier alpha value is -4.53. The van der Waals surface area contributed by atoms with E-state index in [1.54, 1.807) is 0 Å². The summed E-state index contributed by atoms with van der Waals surface area (Å²) in [7, 11) is 1.23. The van der Waals surface area contributed by atoms with Crippen LogP contribution >= 0.6 is 0 Å². The lowest BCUT2D eigenvalue weighted by Crippen LogP contribution is -2.46. The SMILES string of the molecule is COc1cc(C(=O)NC[C@](O)(c2cc3c(c(-c4ccc(F)cc4)n2)OCC3(CF)CF)C(F)F)cc2cc(C(F)F)nnc12. The molecule has 2 N–H and O–H groups in total. The number of aliphatic hydroxyl groups is 1. The molecular formula is C29H23F7N4O4. The number of pyridine rings is 1. The van der Waals surface area contributed by atoms with Gasteiger partial charge in [0, 0.05) is 22.1 Å². The van der Waals surface area contributed by atoms with Crippen molar-refractivity contribution in [3.05, 3.63) is 76.9 Å². The van der Waals surface area contributed by atoms with Crippen LogP contribution in [-0.2, 0) is 11.0 Å². The topological polar surface area (TPSA) is 106 Å². The Bertz CT molecular complexity index is 1700. The molecule has 15 heteroatoms. The lowest BCUT2D eigenvalue weighted by atomic mass is 9.83. The van der Waals surface area contributed by atoms with E-state index in [2.05, 4.69) is 20.5 Å². The predicted molar refractivity (Wildman–Crippen MR) is 142 cm³/mol. The van der Waals surface area contributed by atoms with Crippen molar-refractivity contribution in [2.75, 3.05) is 33.6 Å². The first-order valence-corrected chi connectivity index (χ1v) is 12.9. The molecule has 8 nitrogen and oxygen atoms in total. The average Bonchev–Trinajstić information content (AvgIpc) is 3.41. The minimum Gasteiger partial charge on any atom is -0.494 e. The number of amides is 1. The van der Waals surface area contributed by atoms with Gasteiger partial charge in [0.05, 0.1) is 24.8 Å². The van der Waals surface area contributed by atoms with Gasteiger partial charge in [-0.05, 0) is 48.5 Å². The number of hydrogen-bond acceptors (Lipinski definition) is 7. The highest BCUT2D eigenvalue weighted by molar-refractivity contribution is 5.99. The van der Waals surface area contributed by atoms with Gasteiger partial charge in [-0.2, -0.15) is 0 Å². The number of ether oxygens (including phenoxy) is 2. The second-order valence-corrected chi connectivity index (χ2v) is 10.2. The molecule has 0 radical (unpaired) electrons. The molecule has 0 unspecified atom stereocenters. The van der Waals surface area contributed by atoms with Gasteiger partial charge in [-0.1, -0.05) is 0 Å². The van der Waals surface area contributed by atoms with Gasteiger partial charge in [0.15, 0.2) is 5.60 Å². The molecule has 1 atom stereocenters. The number of benzene rings is 2. The quantitative estimate of drug-likeness (QED) is 0.233. The number of nitrogens with one attached hydrogen (secondary N) is 1. The largest absolute Gasteiger partial charge is 0.494 e. The van der Waals surface area contributed by atoms with Crippen LogP contribution in [0.1, 0.15) is 33.7 Å². The first-order valence-electron chi connectivity index (χ1n) is 12.9. The third-order valence-electron chi connectivity index (χ3n) is 7.37. The summed E-state index contributed by atoms with van der Waals surface area (Å²) >= 11 is 0. The van der Waals surface area contributed by atoms with Gasteiger partial charge in [0.1, 0.15) is 54.2 Å². The number of fused-ring (bicyclic) bond motifs is 2. The molecule has 2 aromatic heterocycles. The normalized spacial score (nSPS) is 15.2. The minimum atomic E-state index is -3.59. The van der Waals surface area contributed by atoms with E-state index in [1.165, 1.54) is 25.3 Å². The molecule has 0 aliphatic carbocycles. The second kappa shape index (κ2) is 11.9. The monoisotopic (exact) mass is 624 g/mol. The number of alkyl halides is 6. The molecule has 1 aliphatic heterocycles.